The van der Waals surface area contributed by atoms with Gasteiger partial charge in [-0.05, 0) is 38.0 Å². The highest BCUT2D eigenvalue weighted by Gasteiger charge is 2.37. The van der Waals surface area contributed by atoms with Crippen molar-refractivity contribution in [1.29, 1.82) is 0 Å². The summed E-state index contributed by atoms with van der Waals surface area (Å²) in [5.74, 6) is 1.21. The highest BCUT2D eigenvalue weighted by Crippen LogP contribution is 2.33. The molecule has 3 heteroatoms. The number of hydrogen-bond donors (Lipinski definition) is 1. The standard InChI is InChI=1S/C15H31NO2/c1-6-13(4)16(7-8-18-5)15-12(3)9-11(2)10-14(15)17/h11-15,17H,6-10H2,1-5H3. The summed E-state index contributed by atoms with van der Waals surface area (Å²) in [6.07, 6.45) is 3.10. The van der Waals surface area contributed by atoms with Crippen molar-refractivity contribution in [1.82, 2.24) is 4.90 Å². The van der Waals surface area contributed by atoms with E-state index in [1.54, 1.807) is 7.11 Å². The fourth-order valence-electron chi connectivity index (χ4n) is 3.44. The molecule has 108 valence electrons. The molecule has 0 saturated heterocycles. The first kappa shape index (κ1) is 15.9. The Morgan fingerprint density at radius 3 is 2.50 bits per heavy atom. The van der Waals surface area contributed by atoms with Crippen LogP contribution >= 0.6 is 0 Å². The van der Waals surface area contributed by atoms with Crippen LogP contribution in [-0.4, -0.2) is 48.5 Å². The van der Waals surface area contributed by atoms with Gasteiger partial charge in [0.15, 0.2) is 0 Å². The second-order valence-electron chi connectivity index (χ2n) is 6.10. The largest absolute Gasteiger partial charge is 0.391 e. The van der Waals surface area contributed by atoms with E-state index in [0.29, 0.717) is 23.9 Å². The third kappa shape index (κ3) is 3.94. The zero-order valence-corrected chi connectivity index (χ0v) is 12.7. The molecule has 0 bridgehead atoms. The number of hydrogen-bond acceptors (Lipinski definition) is 3. The predicted octanol–water partition coefficient (Wildman–Crippen LogP) is 2.53. The van der Waals surface area contributed by atoms with Gasteiger partial charge in [0.25, 0.3) is 0 Å². The van der Waals surface area contributed by atoms with Gasteiger partial charge in [0, 0.05) is 25.7 Å². The Kier molecular flexibility index (Phi) is 6.61. The lowest BCUT2D eigenvalue weighted by atomic mass is 9.76. The van der Waals surface area contributed by atoms with Crippen LogP contribution in [0.1, 0.15) is 47.0 Å². The van der Waals surface area contributed by atoms with Crippen LogP contribution < -0.4 is 0 Å². The molecule has 5 unspecified atom stereocenters. The molecule has 0 aliphatic heterocycles. The number of nitrogens with zero attached hydrogens (tertiary/aromatic N) is 1. The number of ether oxygens (including phenoxy) is 1. The quantitative estimate of drug-likeness (QED) is 0.793. The molecule has 0 radical (unpaired) electrons. The molecular formula is C15H31NO2. The van der Waals surface area contributed by atoms with Gasteiger partial charge in [0.2, 0.25) is 0 Å². The summed E-state index contributed by atoms with van der Waals surface area (Å²) in [5.41, 5.74) is 0. The minimum Gasteiger partial charge on any atom is -0.391 e. The lowest BCUT2D eigenvalue weighted by Crippen LogP contribution is -2.55. The van der Waals surface area contributed by atoms with Crippen molar-refractivity contribution in [2.24, 2.45) is 11.8 Å². The molecule has 18 heavy (non-hydrogen) atoms. The SMILES string of the molecule is CCC(C)N(CCOC)C1C(C)CC(C)CC1O. The average molecular weight is 257 g/mol. The van der Waals surface area contributed by atoms with Crippen LogP contribution in [0.2, 0.25) is 0 Å². The average Bonchev–Trinajstić information content (AvgIpc) is 2.31. The summed E-state index contributed by atoms with van der Waals surface area (Å²) >= 11 is 0. The fraction of sp³-hybridized carbons (Fsp3) is 1.00. The molecule has 1 saturated carbocycles. The highest BCUT2D eigenvalue weighted by atomic mass is 16.5. The molecule has 1 rings (SSSR count). The molecule has 0 amide bonds. The maximum absolute atomic E-state index is 10.4. The molecule has 3 nitrogen and oxygen atoms in total. The molecule has 0 aromatic carbocycles. The fourth-order valence-corrected chi connectivity index (χ4v) is 3.44. The monoisotopic (exact) mass is 257 g/mol. The summed E-state index contributed by atoms with van der Waals surface area (Å²) in [6, 6.07) is 0.807. The minimum absolute atomic E-state index is 0.186. The Bertz CT molecular complexity index is 223. The summed E-state index contributed by atoms with van der Waals surface area (Å²) in [5, 5.41) is 10.4. The van der Waals surface area contributed by atoms with E-state index in [-0.39, 0.29) is 6.10 Å². The molecule has 0 aromatic heterocycles. The second kappa shape index (κ2) is 7.46. The van der Waals surface area contributed by atoms with Gasteiger partial charge in [-0.3, -0.25) is 4.90 Å². The van der Waals surface area contributed by atoms with E-state index in [4.69, 9.17) is 4.74 Å². The first-order chi connectivity index (χ1) is 8.51. The van der Waals surface area contributed by atoms with Gasteiger partial charge in [0.05, 0.1) is 12.7 Å². The second-order valence-corrected chi connectivity index (χ2v) is 6.10. The maximum atomic E-state index is 10.4. The zero-order valence-electron chi connectivity index (χ0n) is 12.7. The smallest absolute Gasteiger partial charge is 0.0700 e. The number of rotatable bonds is 6. The molecule has 0 heterocycles. The van der Waals surface area contributed by atoms with Crippen LogP contribution in [0.4, 0.5) is 0 Å². The van der Waals surface area contributed by atoms with E-state index in [1.807, 2.05) is 0 Å². The molecule has 1 fully saturated rings. The number of aliphatic hydroxyl groups excluding tert-OH is 1. The number of methoxy groups -OCH3 is 1. The van der Waals surface area contributed by atoms with Crippen LogP contribution in [0.5, 0.6) is 0 Å². The Hall–Kier alpha value is -0.120. The minimum atomic E-state index is -0.186. The van der Waals surface area contributed by atoms with Crippen LogP contribution in [0.15, 0.2) is 0 Å². The van der Waals surface area contributed by atoms with Gasteiger partial charge in [0.1, 0.15) is 0 Å². The van der Waals surface area contributed by atoms with Gasteiger partial charge in [-0.25, -0.2) is 0 Å². The molecule has 1 aliphatic carbocycles. The summed E-state index contributed by atoms with van der Waals surface area (Å²) in [4.78, 5) is 2.46. The molecule has 1 aliphatic rings. The summed E-state index contributed by atoms with van der Waals surface area (Å²) in [6.45, 7) is 10.7. The first-order valence-corrected chi connectivity index (χ1v) is 7.43. The lowest BCUT2D eigenvalue weighted by molar-refractivity contribution is -0.0471. The van der Waals surface area contributed by atoms with E-state index in [1.165, 1.54) is 6.42 Å². The van der Waals surface area contributed by atoms with Crippen LogP contribution in [0.25, 0.3) is 0 Å². The van der Waals surface area contributed by atoms with Gasteiger partial charge < -0.3 is 9.84 Å². The predicted molar refractivity (Wildman–Crippen MR) is 75.7 cm³/mol. The van der Waals surface area contributed by atoms with E-state index < -0.39 is 0 Å². The van der Waals surface area contributed by atoms with Crippen molar-refractivity contribution in [3.8, 4) is 0 Å². The third-order valence-corrected chi connectivity index (χ3v) is 4.49. The topological polar surface area (TPSA) is 32.7 Å². The summed E-state index contributed by atoms with van der Waals surface area (Å²) in [7, 11) is 1.75. The van der Waals surface area contributed by atoms with E-state index in [2.05, 4.69) is 32.6 Å². The Balaban J connectivity index is 2.75. The van der Waals surface area contributed by atoms with Crippen molar-refractivity contribution < 1.29 is 9.84 Å². The Morgan fingerprint density at radius 1 is 1.33 bits per heavy atom. The van der Waals surface area contributed by atoms with Crippen molar-refractivity contribution >= 4 is 0 Å². The van der Waals surface area contributed by atoms with Gasteiger partial charge >= 0.3 is 0 Å². The Labute approximate surface area is 113 Å². The molecular weight excluding hydrogens is 226 g/mol. The van der Waals surface area contributed by atoms with Gasteiger partial charge in [-0.2, -0.15) is 0 Å². The van der Waals surface area contributed by atoms with Crippen LogP contribution in [0.3, 0.4) is 0 Å². The molecule has 0 aromatic rings. The van der Waals surface area contributed by atoms with Crippen molar-refractivity contribution in [2.75, 3.05) is 20.3 Å². The van der Waals surface area contributed by atoms with Gasteiger partial charge in [-0.15, -0.1) is 0 Å². The maximum Gasteiger partial charge on any atom is 0.0700 e. The van der Waals surface area contributed by atoms with E-state index >= 15 is 0 Å². The summed E-state index contributed by atoms with van der Waals surface area (Å²) < 4.78 is 5.23. The molecule has 1 N–H and O–H groups in total. The highest BCUT2D eigenvalue weighted by molar-refractivity contribution is 4.91. The molecule has 0 spiro atoms. The van der Waals surface area contributed by atoms with E-state index in [9.17, 15) is 5.11 Å². The van der Waals surface area contributed by atoms with Crippen molar-refractivity contribution in [2.45, 2.75) is 65.1 Å². The Morgan fingerprint density at radius 2 is 2.00 bits per heavy atom. The van der Waals surface area contributed by atoms with E-state index in [0.717, 1.165) is 26.0 Å². The van der Waals surface area contributed by atoms with Gasteiger partial charge in [-0.1, -0.05) is 20.8 Å². The first-order valence-electron chi connectivity index (χ1n) is 7.43. The normalized spacial score (nSPS) is 34.8. The van der Waals surface area contributed by atoms with Crippen molar-refractivity contribution in [3.05, 3.63) is 0 Å². The third-order valence-electron chi connectivity index (χ3n) is 4.49. The molecule has 5 atom stereocenters. The lowest BCUT2D eigenvalue weighted by Gasteiger charge is -2.46. The van der Waals surface area contributed by atoms with Crippen LogP contribution in [-0.2, 0) is 4.74 Å². The van der Waals surface area contributed by atoms with Crippen LogP contribution in [0, 0.1) is 11.8 Å². The number of aliphatic hydroxyl groups is 1. The zero-order chi connectivity index (χ0) is 13.7. The van der Waals surface area contributed by atoms with Crippen molar-refractivity contribution in [3.63, 3.8) is 0 Å².